The van der Waals surface area contributed by atoms with Gasteiger partial charge >= 0.3 is 0 Å². The van der Waals surface area contributed by atoms with Crippen molar-refractivity contribution in [1.82, 2.24) is 5.43 Å². The van der Waals surface area contributed by atoms with E-state index in [1.54, 1.807) is 7.11 Å². The second-order valence-corrected chi connectivity index (χ2v) is 3.27. The van der Waals surface area contributed by atoms with Gasteiger partial charge in [-0.15, -0.1) is 0 Å². The number of benzene rings is 1. The van der Waals surface area contributed by atoms with E-state index in [0.717, 1.165) is 23.5 Å². The average Bonchev–Trinajstić information content (AvgIpc) is 2.70. The molecule has 0 amide bonds. The molecular weight excluding hydrogens is 176 g/mol. The molecule has 2 rings (SSSR count). The molecule has 0 saturated carbocycles. The van der Waals surface area contributed by atoms with Crippen LogP contribution in [0, 0.1) is 6.92 Å². The molecule has 1 aliphatic heterocycles. The summed E-state index contributed by atoms with van der Waals surface area (Å²) in [5.74, 6) is 0.928. The van der Waals surface area contributed by atoms with E-state index >= 15 is 0 Å². The minimum absolute atomic E-state index is 0.894. The number of hydrogen-bond acceptors (Lipinski definition) is 3. The van der Waals surface area contributed by atoms with Gasteiger partial charge in [-0.25, -0.2) is 5.43 Å². The maximum Gasteiger partial charge on any atom is 0.121 e. The molecule has 1 aromatic rings. The number of ether oxygens (including phenoxy) is 1. The van der Waals surface area contributed by atoms with Crippen LogP contribution in [0.5, 0.6) is 5.75 Å². The van der Waals surface area contributed by atoms with Crippen LogP contribution in [0.15, 0.2) is 30.5 Å². The van der Waals surface area contributed by atoms with Gasteiger partial charge < -0.3 is 4.74 Å². The predicted molar refractivity (Wildman–Crippen MR) is 57.4 cm³/mol. The summed E-state index contributed by atoms with van der Waals surface area (Å²) in [6.07, 6.45) is 4.11. The highest BCUT2D eigenvalue weighted by Gasteiger charge is 2.07. The number of rotatable bonds is 2. The van der Waals surface area contributed by atoms with E-state index in [9.17, 15) is 0 Å². The molecule has 0 aromatic heterocycles. The van der Waals surface area contributed by atoms with Crippen LogP contribution in [0.25, 0.3) is 0 Å². The van der Waals surface area contributed by atoms with Crippen molar-refractivity contribution in [3.05, 3.63) is 36.0 Å². The third kappa shape index (κ3) is 1.59. The second kappa shape index (κ2) is 3.72. The van der Waals surface area contributed by atoms with Crippen LogP contribution in [-0.2, 0) is 0 Å². The van der Waals surface area contributed by atoms with Crippen LogP contribution in [0.2, 0.25) is 0 Å². The van der Waals surface area contributed by atoms with Crippen LogP contribution < -0.4 is 15.2 Å². The Kier molecular flexibility index (Phi) is 2.41. The highest BCUT2D eigenvalue weighted by Crippen LogP contribution is 2.24. The van der Waals surface area contributed by atoms with Gasteiger partial charge in [0, 0.05) is 12.7 Å². The van der Waals surface area contributed by atoms with Crippen molar-refractivity contribution >= 4 is 5.69 Å². The molecule has 0 unspecified atom stereocenters. The molecule has 0 aliphatic carbocycles. The van der Waals surface area contributed by atoms with Gasteiger partial charge in [0.15, 0.2) is 0 Å². The molecule has 1 heterocycles. The molecule has 1 aromatic carbocycles. The zero-order valence-electron chi connectivity index (χ0n) is 8.45. The fraction of sp³-hybridized carbons (Fsp3) is 0.273. The highest BCUT2D eigenvalue weighted by molar-refractivity contribution is 5.54. The Labute approximate surface area is 84.0 Å². The first-order valence-corrected chi connectivity index (χ1v) is 4.65. The summed E-state index contributed by atoms with van der Waals surface area (Å²) in [6, 6.07) is 6.12. The fourth-order valence-electron chi connectivity index (χ4n) is 1.55. The highest BCUT2D eigenvalue weighted by atomic mass is 16.5. The van der Waals surface area contributed by atoms with Crippen molar-refractivity contribution in [1.29, 1.82) is 0 Å². The van der Waals surface area contributed by atoms with Crippen LogP contribution in [0.1, 0.15) is 5.56 Å². The van der Waals surface area contributed by atoms with E-state index in [-0.39, 0.29) is 0 Å². The van der Waals surface area contributed by atoms with Gasteiger partial charge in [-0.2, -0.15) is 0 Å². The first-order chi connectivity index (χ1) is 6.81. The van der Waals surface area contributed by atoms with Gasteiger partial charge in [-0.1, -0.05) is 6.08 Å². The van der Waals surface area contributed by atoms with Gasteiger partial charge in [0.1, 0.15) is 5.75 Å². The number of aryl methyl sites for hydroxylation is 1. The van der Waals surface area contributed by atoms with Gasteiger partial charge in [0.2, 0.25) is 0 Å². The summed E-state index contributed by atoms with van der Waals surface area (Å²) in [7, 11) is 1.69. The Bertz CT molecular complexity index is 360. The molecule has 3 nitrogen and oxygen atoms in total. The van der Waals surface area contributed by atoms with Crippen molar-refractivity contribution in [3.63, 3.8) is 0 Å². The topological polar surface area (TPSA) is 24.5 Å². The van der Waals surface area contributed by atoms with Crippen molar-refractivity contribution in [3.8, 4) is 5.75 Å². The molecule has 0 bridgehead atoms. The average molecular weight is 190 g/mol. The summed E-state index contributed by atoms with van der Waals surface area (Å²) in [4.78, 5) is 0. The lowest BCUT2D eigenvalue weighted by Gasteiger charge is -2.17. The van der Waals surface area contributed by atoms with E-state index < -0.39 is 0 Å². The summed E-state index contributed by atoms with van der Waals surface area (Å²) in [5.41, 5.74) is 5.50. The van der Waals surface area contributed by atoms with Gasteiger partial charge in [0.05, 0.1) is 12.8 Å². The lowest BCUT2D eigenvalue weighted by atomic mass is 10.2. The van der Waals surface area contributed by atoms with Gasteiger partial charge in [0.25, 0.3) is 0 Å². The van der Waals surface area contributed by atoms with Crippen LogP contribution in [0.4, 0.5) is 5.69 Å². The molecule has 1 N–H and O–H groups in total. The SMILES string of the molecule is COc1ccc(N2C=CCN2)cc1C. The molecule has 14 heavy (non-hydrogen) atoms. The Morgan fingerprint density at radius 3 is 2.86 bits per heavy atom. The number of anilines is 1. The number of methoxy groups -OCH3 is 1. The summed E-state index contributed by atoms with van der Waals surface area (Å²) in [5, 5.41) is 2.01. The second-order valence-electron chi connectivity index (χ2n) is 3.27. The minimum Gasteiger partial charge on any atom is -0.496 e. The molecule has 3 heteroatoms. The van der Waals surface area contributed by atoms with Gasteiger partial charge in [-0.3, -0.25) is 5.01 Å². The first-order valence-electron chi connectivity index (χ1n) is 4.65. The standard InChI is InChI=1S/C11H14N2O/c1-9-8-10(4-5-11(9)14-2)13-7-3-6-12-13/h3-5,7-8,12H,6H2,1-2H3. The third-order valence-electron chi connectivity index (χ3n) is 2.29. The smallest absolute Gasteiger partial charge is 0.121 e. The van der Waals surface area contributed by atoms with Crippen molar-refractivity contribution in [2.45, 2.75) is 6.92 Å². The fourth-order valence-corrected chi connectivity index (χ4v) is 1.55. The largest absolute Gasteiger partial charge is 0.496 e. The van der Waals surface area contributed by atoms with Crippen molar-refractivity contribution in [2.75, 3.05) is 18.7 Å². The maximum absolute atomic E-state index is 5.21. The van der Waals surface area contributed by atoms with E-state index in [1.807, 2.05) is 30.3 Å². The number of hydrogen-bond donors (Lipinski definition) is 1. The number of nitrogens with one attached hydrogen (secondary N) is 1. The molecule has 1 aliphatic rings. The molecule has 74 valence electrons. The Morgan fingerprint density at radius 1 is 1.43 bits per heavy atom. The Hall–Kier alpha value is -1.48. The Balaban J connectivity index is 2.27. The normalized spacial score (nSPS) is 14.9. The van der Waals surface area contributed by atoms with Crippen molar-refractivity contribution in [2.24, 2.45) is 0 Å². The minimum atomic E-state index is 0.894. The first kappa shape index (κ1) is 9.09. The van der Waals surface area contributed by atoms with Crippen LogP contribution in [-0.4, -0.2) is 13.7 Å². The number of hydrazine groups is 1. The molecule has 0 radical (unpaired) electrons. The van der Waals surface area contributed by atoms with Crippen LogP contribution >= 0.6 is 0 Å². The molecule has 0 spiro atoms. The lowest BCUT2D eigenvalue weighted by molar-refractivity contribution is 0.411. The lowest BCUT2D eigenvalue weighted by Crippen LogP contribution is -2.28. The molecular formula is C11H14N2O. The van der Waals surface area contributed by atoms with E-state index in [0.29, 0.717) is 0 Å². The monoisotopic (exact) mass is 190 g/mol. The zero-order valence-corrected chi connectivity index (χ0v) is 8.45. The maximum atomic E-state index is 5.21. The molecule has 0 fully saturated rings. The summed E-state index contributed by atoms with van der Waals surface area (Å²) < 4.78 is 5.21. The van der Waals surface area contributed by atoms with Crippen LogP contribution in [0.3, 0.4) is 0 Å². The van der Waals surface area contributed by atoms with E-state index in [1.165, 1.54) is 0 Å². The van der Waals surface area contributed by atoms with Gasteiger partial charge in [-0.05, 0) is 30.7 Å². The Morgan fingerprint density at radius 2 is 2.29 bits per heavy atom. The summed E-state index contributed by atoms with van der Waals surface area (Å²) >= 11 is 0. The summed E-state index contributed by atoms with van der Waals surface area (Å²) in [6.45, 7) is 2.94. The van der Waals surface area contributed by atoms with Crippen molar-refractivity contribution < 1.29 is 4.74 Å². The van der Waals surface area contributed by atoms with E-state index in [2.05, 4.69) is 17.6 Å². The third-order valence-corrected chi connectivity index (χ3v) is 2.29. The predicted octanol–water partition coefficient (Wildman–Crippen LogP) is 1.84. The molecule has 0 atom stereocenters. The number of nitrogens with zero attached hydrogens (tertiary/aromatic N) is 1. The quantitative estimate of drug-likeness (QED) is 0.770. The van der Waals surface area contributed by atoms with E-state index in [4.69, 9.17) is 4.74 Å². The molecule has 0 saturated heterocycles. The zero-order chi connectivity index (χ0) is 9.97.